The lowest BCUT2D eigenvalue weighted by Crippen LogP contribution is -2.25. The van der Waals surface area contributed by atoms with Gasteiger partial charge >= 0.3 is 5.97 Å². The van der Waals surface area contributed by atoms with E-state index in [9.17, 15) is 9.59 Å². The lowest BCUT2D eigenvalue weighted by atomic mass is 10.2. The van der Waals surface area contributed by atoms with Crippen LogP contribution in [0.15, 0.2) is 22.7 Å². The van der Waals surface area contributed by atoms with E-state index in [-0.39, 0.29) is 11.9 Å². The monoisotopic (exact) mass is 347 g/mol. The fraction of sp³-hybridized carbons (Fsp3) is 0.385. The highest BCUT2D eigenvalue weighted by atomic mass is 79.9. The van der Waals surface area contributed by atoms with Crippen molar-refractivity contribution in [3.05, 3.63) is 33.3 Å². The van der Waals surface area contributed by atoms with Crippen LogP contribution >= 0.6 is 27.5 Å². The molecule has 0 bridgehead atoms. The molecule has 0 atom stereocenters. The maximum atomic E-state index is 11.9. The highest BCUT2D eigenvalue weighted by molar-refractivity contribution is 9.10. The number of nitrogens with one attached hydrogen (secondary N) is 1. The molecule has 0 aliphatic heterocycles. The van der Waals surface area contributed by atoms with Gasteiger partial charge in [-0.15, -0.1) is 0 Å². The van der Waals surface area contributed by atoms with E-state index < -0.39 is 0 Å². The SMILES string of the molecule is CCOC(=O)CCCNC(=O)c1cc(Br)ccc1Cl. The maximum absolute atomic E-state index is 11.9. The molecule has 104 valence electrons. The van der Waals surface area contributed by atoms with E-state index in [1.807, 2.05) is 0 Å². The van der Waals surface area contributed by atoms with Crippen LogP contribution in [-0.2, 0) is 9.53 Å². The number of amides is 1. The Kier molecular flexibility index (Phi) is 6.87. The summed E-state index contributed by atoms with van der Waals surface area (Å²) in [5.41, 5.74) is 0.409. The predicted molar refractivity (Wildman–Crippen MR) is 77.4 cm³/mol. The van der Waals surface area contributed by atoms with Gasteiger partial charge in [-0.1, -0.05) is 27.5 Å². The minimum absolute atomic E-state index is 0.253. The van der Waals surface area contributed by atoms with Crippen molar-refractivity contribution < 1.29 is 14.3 Å². The Hall–Kier alpha value is -1.07. The predicted octanol–water partition coefficient (Wildman–Crippen LogP) is 3.18. The van der Waals surface area contributed by atoms with Crippen molar-refractivity contribution >= 4 is 39.4 Å². The lowest BCUT2D eigenvalue weighted by Gasteiger charge is -2.07. The quantitative estimate of drug-likeness (QED) is 0.634. The number of hydrogen-bond acceptors (Lipinski definition) is 3. The molecule has 0 saturated carbocycles. The zero-order chi connectivity index (χ0) is 14.3. The second kappa shape index (κ2) is 8.17. The normalized spacial score (nSPS) is 10.1. The van der Waals surface area contributed by atoms with Gasteiger partial charge in [0, 0.05) is 17.4 Å². The molecule has 1 rings (SSSR count). The molecule has 1 aromatic carbocycles. The van der Waals surface area contributed by atoms with Gasteiger partial charge in [0.05, 0.1) is 17.2 Å². The zero-order valence-electron chi connectivity index (χ0n) is 10.5. The minimum Gasteiger partial charge on any atom is -0.466 e. The Morgan fingerprint density at radius 3 is 2.84 bits per heavy atom. The van der Waals surface area contributed by atoms with Gasteiger partial charge in [-0.25, -0.2) is 0 Å². The van der Waals surface area contributed by atoms with Crippen molar-refractivity contribution in [1.82, 2.24) is 5.32 Å². The summed E-state index contributed by atoms with van der Waals surface area (Å²) in [5, 5.41) is 3.11. The zero-order valence-corrected chi connectivity index (χ0v) is 12.9. The van der Waals surface area contributed by atoms with E-state index in [4.69, 9.17) is 16.3 Å². The average molecular weight is 349 g/mol. The van der Waals surface area contributed by atoms with E-state index in [0.29, 0.717) is 36.6 Å². The van der Waals surface area contributed by atoms with Gasteiger partial charge in [-0.05, 0) is 31.5 Å². The number of esters is 1. The second-order valence-corrected chi connectivity index (χ2v) is 5.11. The molecule has 0 radical (unpaired) electrons. The van der Waals surface area contributed by atoms with Crippen molar-refractivity contribution in [2.45, 2.75) is 19.8 Å². The molecule has 0 aromatic heterocycles. The smallest absolute Gasteiger partial charge is 0.305 e. The molecule has 0 unspecified atom stereocenters. The van der Waals surface area contributed by atoms with Gasteiger partial charge in [0.25, 0.3) is 5.91 Å². The van der Waals surface area contributed by atoms with Crippen LogP contribution in [0.3, 0.4) is 0 Å². The molecule has 1 N–H and O–H groups in total. The summed E-state index contributed by atoms with van der Waals surface area (Å²) in [6.45, 7) is 2.54. The van der Waals surface area contributed by atoms with Crippen molar-refractivity contribution in [2.75, 3.05) is 13.2 Å². The van der Waals surface area contributed by atoms with Gasteiger partial charge in [0.2, 0.25) is 0 Å². The molecule has 4 nitrogen and oxygen atoms in total. The Bertz CT molecular complexity index is 465. The fourth-order valence-corrected chi connectivity index (χ4v) is 2.00. The minimum atomic E-state index is -0.254. The summed E-state index contributed by atoms with van der Waals surface area (Å²) >= 11 is 9.22. The van der Waals surface area contributed by atoms with E-state index in [1.54, 1.807) is 25.1 Å². The summed E-state index contributed by atoms with van der Waals surface area (Å²) in [6.07, 6.45) is 0.830. The van der Waals surface area contributed by atoms with Crippen LogP contribution in [0.4, 0.5) is 0 Å². The molecule has 0 aliphatic carbocycles. The molecule has 0 heterocycles. The first-order valence-corrected chi connectivity index (χ1v) is 7.10. The number of halogens is 2. The summed E-state index contributed by atoms with van der Waals surface area (Å²) in [4.78, 5) is 22.9. The molecule has 1 amide bonds. The largest absolute Gasteiger partial charge is 0.466 e. The van der Waals surface area contributed by atoms with E-state index in [0.717, 1.165) is 4.47 Å². The number of hydrogen-bond donors (Lipinski definition) is 1. The van der Waals surface area contributed by atoms with Crippen LogP contribution in [0, 0.1) is 0 Å². The summed E-state index contributed by atoms with van der Waals surface area (Å²) in [7, 11) is 0. The number of rotatable bonds is 6. The Labute approximate surface area is 125 Å². The van der Waals surface area contributed by atoms with E-state index in [2.05, 4.69) is 21.2 Å². The maximum Gasteiger partial charge on any atom is 0.305 e. The Morgan fingerprint density at radius 2 is 2.16 bits per heavy atom. The third-order valence-electron chi connectivity index (χ3n) is 2.32. The molecular formula is C13H15BrClNO3. The Balaban J connectivity index is 2.39. The molecule has 19 heavy (non-hydrogen) atoms. The summed E-state index contributed by atoms with van der Waals surface area (Å²) in [5.74, 6) is -0.507. The van der Waals surface area contributed by atoms with Crippen LogP contribution in [0.25, 0.3) is 0 Å². The van der Waals surface area contributed by atoms with E-state index in [1.165, 1.54) is 0 Å². The average Bonchev–Trinajstić information content (AvgIpc) is 2.37. The van der Waals surface area contributed by atoms with Gasteiger partial charge in [0.15, 0.2) is 0 Å². The first kappa shape index (κ1) is 16.0. The molecular weight excluding hydrogens is 334 g/mol. The number of carbonyl (C=O) groups excluding carboxylic acids is 2. The number of benzene rings is 1. The van der Waals surface area contributed by atoms with Crippen LogP contribution in [-0.4, -0.2) is 25.0 Å². The van der Waals surface area contributed by atoms with Crippen molar-refractivity contribution in [2.24, 2.45) is 0 Å². The van der Waals surface area contributed by atoms with Crippen molar-refractivity contribution in [3.63, 3.8) is 0 Å². The molecule has 6 heteroatoms. The third-order valence-corrected chi connectivity index (χ3v) is 3.14. The topological polar surface area (TPSA) is 55.4 Å². The van der Waals surface area contributed by atoms with Gasteiger partial charge in [-0.2, -0.15) is 0 Å². The molecule has 0 saturated heterocycles. The number of carbonyl (C=O) groups is 2. The summed E-state index contributed by atoms with van der Waals surface area (Å²) in [6, 6.07) is 5.07. The standard InChI is InChI=1S/C13H15BrClNO3/c1-2-19-12(17)4-3-7-16-13(18)10-8-9(14)5-6-11(10)15/h5-6,8H,2-4,7H2,1H3,(H,16,18). The first-order valence-electron chi connectivity index (χ1n) is 5.93. The van der Waals surface area contributed by atoms with Crippen LogP contribution in [0.5, 0.6) is 0 Å². The molecule has 1 aromatic rings. The van der Waals surface area contributed by atoms with E-state index >= 15 is 0 Å². The van der Waals surface area contributed by atoms with Crippen molar-refractivity contribution in [3.8, 4) is 0 Å². The van der Waals surface area contributed by atoms with Crippen molar-refractivity contribution in [1.29, 1.82) is 0 Å². The van der Waals surface area contributed by atoms with Crippen LogP contribution < -0.4 is 5.32 Å². The molecule has 0 fully saturated rings. The summed E-state index contributed by atoms with van der Waals surface area (Å²) < 4.78 is 5.58. The number of ether oxygens (including phenoxy) is 1. The third kappa shape index (κ3) is 5.61. The fourth-order valence-electron chi connectivity index (χ4n) is 1.43. The highest BCUT2D eigenvalue weighted by Gasteiger charge is 2.10. The van der Waals surface area contributed by atoms with Gasteiger partial charge < -0.3 is 10.1 Å². The second-order valence-electron chi connectivity index (χ2n) is 3.79. The van der Waals surface area contributed by atoms with Crippen LogP contribution in [0.2, 0.25) is 5.02 Å². The lowest BCUT2D eigenvalue weighted by molar-refractivity contribution is -0.143. The Morgan fingerprint density at radius 1 is 1.42 bits per heavy atom. The molecule has 0 aliphatic rings. The van der Waals surface area contributed by atoms with Gasteiger partial charge in [-0.3, -0.25) is 9.59 Å². The highest BCUT2D eigenvalue weighted by Crippen LogP contribution is 2.20. The first-order chi connectivity index (χ1) is 9.04. The molecule has 0 spiro atoms. The van der Waals surface area contributed by atoms with Gasteiger partial charge in [0.1, 0.15) is 0 Å². The van der Waals surface area contributed by atoms with Crippen LogP contribution in [0.1, 0.15) is 30.1 Å².